The van der Waals surface area contributed by atoms with Gasteiger partial charge in [-0.05, 0) is 26.1 Å². The molecule has 1 rings (SSSR count). The second-order valence-corrected chi connectivity index (χ2v) is 4.24. The maximum Gasteiger partial charge on any atom is 0.323 e. The van der Waals surface area contributed by atoms with Gasteiger partial charge in [0.1, 0.15) is 11.3 Å². The molecule has 0 aliphatic carbocycles. The number of non-ortho nitro benzene ring substituents is 1. The molecule has 104 valence electrons. The highest BCUT2D eigenvalue weighted by molar-refractivity contribution is 5.78. The summed E-state index contributed by atoms with van der Waals surface area (Å²) in [5, 5.41) is 22.2. The number of nitrogens with zero attached hydrogens (tertiary/aromatic N) is 1. The van der Waals surface area contributed by atoms with Crippen molar-refractivity contribution in [2.75, 3.05) is 13.7 Å². The van der Waals surface area contributed by atoms with Gasteiger partial charge >= 0.3 is 5.97 Å². The van der Waals surface area contributed by atoms with Crippen LogP contribution in [-0.4, -0.2) is 35.2 Å². The van der Waals surface area contributed by atoms with E-state index >= 15 is 0 Å². The predicted octanol–water partition coefficient (Wildman–Crippen LogP) is 1.43. The summed E-state index contributed by atoms with van der Waals surface area (Å²) in [5.41, 5.74) is -1.07. The molecular weight excluding hydrogens is 252 g/mol. The van der Waals surface area contributed by atoms with Crippen molar-refractivity contribution < 1.29 is 19.6 Å². The molecule has 0 saturated carbocycles. The van der Waals surface area contributed by atoms with Crippen LogP contribution in [0.2, 0.25) is 0 Å². The topological polar surface area (TPSA) is 102 Å². The number of carboxylic acids is 1. The second-order valence-electron chi connectivity index (χ2n) is 4.24. The van der Waals surface area contributed by atoms with Gasteiger partial charge in [0.05, 0.1) is 11.5 Å². The Morgan fingerprint density at radius 1 is 1.47 bits per heavy atom. The molecular formula is C12H16N2O5. The zero-order valence-electron chi connectivity index (χ0n) is 10.8. The third kappa shape index (κ3) is 3.92. The average molecular weight is 268 g/mol. The largest absolute Gasteiger partial charge is 0.494 e. The van der Waals surface area contributed by atoms with Crippen molar-refractivity contribution in [2.45, 2.75) is 18.9 Å². The standard InChI is InChI=1S/C12H16N2O5/c1-12(13-2,11(15)16)7-8-19-10-5-3-9(4-6-10)14(17)18/h3-6,13H,7-8H2,1-2H3,(H,15,16). The van der Waals surface area contributed by atoms with Gasteiger partial charge in [-0.1, -0.05) is 0 Å². The van der Waals surface area contributed by atoms with Crippen molar-refractivity contribution in [2.24, 2.45) is 0 Å². The summed E-state index contributed by atoms with van der Waals surface area (Å²) in [6.45, 7) is 1.76. The normalized spacial score (nSPS) is 13.6. The molecule has 1 unspecified atom stereocenters. The highest BCUT2D eigenvalue weighted by atomic mass is 16.6. The first-order valence-corrected chi connectivity index (χ1v) is 5.68. The minimum Gasteiger partial charge on any atom is -0.494 e. The molecule has 1 atom stereocenters. The Balaban J connectivity index is 2.53. The molecule has 0 aliphatic rings. The minimum atomic E-state index is -1.05. The Hall–Kier alpha value is -2.15. The smallest absolute Gasteiger partial charge is 0.323 e. The van der Waals surface area contributed by atoms with Crippen LogP contribution < -0.4 is 10.1 Å². The van der Waals surface area contributed by atoms with Crippen LogP contribution in [0.4, 0.5) is 5.69 Å². The molecule has 1 aromatic carbocycles. The van der Waals surface area contributed by atoms with E-state index in [0.717, 1.165) is 0 Å². The molecule has 0 aliphatic heterocycles. The molecule has 0 amide bonds. The van der Waals surface area contributed by atoms with Gasteiger partial charge in [0.2, 0.25) is 0 Å². The van der Waals surface area contributed by atoms with Crippen LogP contribution in [0.1, 0.15) is 13.3 Å². The van der Waals surface area contributed by atoms with E-state index in [4.69, 9.17) is 9.84 Å². The van der Waals surface area contributed by atoms with E-state index in [2.05, 4.69) is 5.32 Å². The Kier molecular flexibility index (Phi) is 4.82. The summed E-state index contributed by atoms with van der Waals surface area (Å²) in [6.07, 6.45) is 0.274. The Morgan fingerprint density at radius 2 is 2.05 bits per heavy atom. The number of carboxylic acid groups (broad SMARTS) is 1. The van der Waals surface area contributed by atoms with E-state index in [9.17, 15) is 14.9 Å². The number of nitro benzene ring substituents is 1. The van der Waals surface area contributed by atoms with Gasteiger partial charge in [-0.3, -0.25) is 14.9 Å². The van der Waals surface area contributed by atoms with Gasteiger partial charge in [-0.25, -0.2) is 0 Å². The first-order valence-electron chi connectivity index (χ1n) is 5.68. The van der Waals surface area contributed by atoms with Crippen LogP contribution in [0.5, 0.6) is 5.75 Å². The third-order valence-corrected chi connectivity index (χ3v) is 2.94. The fourth-order valence-corrected chi connectivity index (χ4v) is 1.38. The Morgan fingerprint density at radius 3 is 2.47 bits per heavy atom. The number of benzene rings is 1. The molecule has 0 spiro atoms. The average Bonchev–Trinajstić information content (AvgIpc) is 2.38. The van der Waals surface area contributed by atoms with Crippen LogP contribution in [-0.2, 0) is 4.79 Å². The van der Waals surface area contributed by atoms with Crippen LogP contribution in [0, 0.1) is 10.1 Å². The second kappa shape index (κ2) is 6.14. The van der Waals surface area contributed by atoms with Crippen molar-refractivity contribution in [1.82, 2.24) is 5.32 Å². The maximum atomic E-state index is 11.0. The maximum absolute atomic E-state index is 11.0. The van der Waals surface area contributed by atoms with E-state index < -0.39 is 16.4 Å². The molecule has 0 aromatic heterocycles. The number of aliphatic carboxylic acids is 1. The summed E-state index contributed by atoms with van der Waals surface area (Å²) in [5.74, 6) is -0.489. The summed E-state index contributed by atoms with van der Waals surface area (Å²) in [4.78, 5) is 21.0. The first-order chi connectivity index (χ1) is 8.89. The lowest BCUT2D eigenvalue weighted by Crippen LogP contribution is -2.48. The summed E-state index contributed by atoms with van der Waals surface area (Å²) in [6, 6.07) is 5.64. The number of hydrogen-bond donors (Lipinski definition) is 2. The van der Waals surface area contributed by atoms with Gasteiger partial charge in [-0.15, -0.1) is 0 Å². The molecule has 7 heteroatoms. The van der Waals surface area contributed by atoms with Crippen molar-refractivity contribution in [3.8, 4) is 5.75 Å². The molecule has 7 nitrogen and oxygen atoms in total. The Labute approximate surface area is 110 Å². The highest BCUT2D eigenvalue weighted by Gasteiger charge is 2.30. The third-order valence-electron chi connectivity index (χ3n) is 2.94. The molecule has 0 saturated heterocycles. The van der Waals surface area contributed by atoms with E-state index in [1.54, 1.807) is 14.0 Å². The van der Waals surface area contributed by atoms with Gasteiger partial charge in [0.25, 0.3) is 5.69 Å². The van der Waals surface area contributed by atoms with Crippen LogP contribution in [0.25, 0.3) is 0 Å². The lowest BCUT2D eigenvalue weighted by atomic mass is 9.99. The van der Waals surface area contributed by atoms with Crippen molar-refractivity contribution >= 4 is 11.7 Å². The van der Waals surface area contributed by atoms with E-state index in [-0.39, 0.29) is 18.7 Å². The molecule has 0 fully saturated rings. The van der Waals surface area contributed by atoms with Crippen molar-refractivity contribution in [1.29, 1.82) is 0 Å². The summed E-state index contributed by atoms with van der Waals surface area (Å²) < 4.78 is 5.36. The van der Waals surface area contributed by atoms with Gasteiger partial charge in [0, 0.05) is 18.6 Å². The van der Waals surface area contributed by atoms with Crippen molar-refractivity contribution in [3.63, 3.8) is 0 Å². The van der Waals surface area contributed by atoms with Gasteiger partial charge < -0.3 is 15.2 Å². The van der Waals surface area contributed by atoms with Gasteiger partial charge in [-0.2, -0.15) is 0 Å². The van der Waals surface area contributed by atoms with E-state index in [1.807, 2.05) is 0 Å². The number of rotatable bonds is 7. The SMILES string of the molecule is CNC(C)(CCOc1ccc([N+](=O)[O-])cc1)C(=O)O. The van der Waals surface area contributed by atoms with E-state index in [0.29, 0.717) is 5.75 Å². The molecule has 0 heterocycles. The zero-order chi connectivity index (χ0) is 14.5. The zero-order valence-corrected chi connectivity index (χ0v) is 10.8. The van der Waals surface area contributed by atoms with Crippen LogP contribution in [0.15, 0.2) is 24.3 Å². The number of nitrogens with one attached hydrogen (secondary N) is 1. The Bertz CT molecular complexity index is 460. The molecule has 0 bridgehead atoms. The highest BCUT2D eigenvalue weighted by Crippen LogP contribution is 2.18. The summed E-state index contributed by atoms with van der Waals surface area (Å²) >= 11 is 0. The quantitative estimate of drug-likeness (QED) is 0.573. The van der Waals surface area contributed by atoms with Crippen molar-refractivity contribution in [3.05, 3.63) is 34.4 Å². The molecule has 0 radical (unpaired) electrons. The molecule has 19 heavy (non-hydrogen) atoms. The fourth-order valence-electron chi connectivity index (χ4n) is 1.38. The van der Waals surface area contributed by atoms with Crippen LogP contribution in [0.3, 0.4) is 0 Å². The van der Waals surface area contributed by atoms with E-state index in [1.165, 1.54) is 24.3 Å². The van der Waals surface area contributed by atoms with Gasteiger partial charge in [0.15, 0.2) is 0 Å². The minimum absolute atomic E-state index is 0.0158. The number of ether oxygens (including phenoxy) is 1. The lowest BCUT2D eigenvalue weighted by molar-refractivity contribution is -0.384. The monoisotopic (exact) mass is 268 g/mol. The number of likely N-dealkylation sites (N-methyl/N-ethyl adjacent to an activating group) is 1. The molecule has 2 N–H and O–H groups in total. The number of nitro groups is 1. The number of carbonyl (C=O) groups is 1. The fraction of sp³-hybridized carbons (Fsp3) is 0.417. The van der Waals surface area contributed by atoms with Crippen LogP contribution >= 0.6 is 0 Å². The summed E-state index contributed by atoms with van der Waals surface area (Å²) in [7, 11) is 1.57. The predicted molar refractivity (Wildman–Crippen MR) is 68.3 cm³/mol. The molecule has 1 aromatic rings. The first kappa shape index (κ1) is 14.9. The lowest BCUT2D eigenvalue weighted by Gasteiger charge is -2.23. The number of hydrogen-bond acceptors (Lipinski definition) is 5.